The molecule has 0 spiro atoms. The Bertz CT molecular complexity index is 1260. The highest BCUT2D eigenvalue weighted by Crippen LogP contribution is 2.45. The van der Waals surface area contributed by atoms with E-state index in [0.717, 1.165) is 57.3 Å². The fourth-order valence-electron chi connectivity index (χ4n) is 3.55. The first-order chi connectivity index (χ1) is 16.1. The summed E-state index contributed by atoms with van der Waals surface area (Å²) in [5, 5.41) is 7.18. The predicted molar refractivity (Wildman–Crippen MR) is 130 cm³/mol. The van der Waals surface area contributed by atoms with Crippen molar-refractivity contribution in [3.63, 3.8) is 0 Å². The molecule has 1 aromatic carbocycles. The van der Waals surface area contributed by atoms with Gasteiger partial charge in [-0.1, -0.05) is 25.6 Å². The zero-order chi connectivity index (χ0) is 22.8. The van der Waals surface area contributed by atoms with E-state index in [-0.39, 0.29) is 6.79 Å². The van der Waals surface area contributed by atoms with Crippen LogP contribution in [0.5, 0.6) is 11.5 Å². The third kappa shape index (κ3) is 4.61. The summed E-state index contributed by atoms with van der Waals surface area (Å²) in [6, 6.07) is 3.97. The molecule has 0 unspecified atom stereocenters. The maximum absolute atomic E-state index is 6.13. The Hall–Kier alpha value is -2.89. The number of nitrogens with one attached hydrogen (secondary N) is 1. The number of fused-ring (bicyclic) bond motifs is 2. The number of nitrogens with zero attached hydrogens (tertiary/aromatic N) is 5. The van der Waals surface area contributed by atoms with Gasteiger partial charge < -0.3 is 25.1 Å². The van der Waals surface area contributed by atoms with Crippen LogP contribution in [-0.2, 0) is 6.54 Å². The Kier molecular flexibility index (Phi) is 6.34. The largest absolute Gasteiger partial charge is 0.454 e. The third-order valence-corrected chi connectivity index (χ3v) is 7.13. The Morgan fingerprint density at radius 3 is 2.82 bits per heavy atom. The lowest BCUT2D eigenvalue weighted by molar-refractivity contribution is 0.174. The average molecular weight is 484 g/mol. The second-order valence-electron chi connectivity index (χ2n) is 8.05. The van der Waals surface area contributed by atoms with E-state index < -0.39 is 0 Å². The molecule has 0 saturated heterocycles. The van der Waals surface area contributed by atoms with E-state index in [2.05, 4.69) is 38.7 Å². The predicted octanol–water partition coefficient (Wildman–Crippen LogP) is 4.05. The molecule has 33 heavy (non-hydrogen) atoms. The van der Waals surface area contributed by atoms with Crippen molar-refractivity contribution >= 4 is 40.1 Å². The molecule has 0 atom stereocenters. The first-order valence-electron chi connectivity index (χ1n) is 10.8. The SMILES string of the molecule is CC(C)CCNCCn1c(Sc2cc3c(cc2-c2nccs2)OCO3)nc2c(N)ncnc21. The van der Waals surface area contributed by atoms with E-state index >= 15 is 0 Å². The first-order valence-corrected chi connectivity index (χ1v) is 12.5. The molecule has 11 heteroatoms. The number of nitrogens with two attached hydrogens (primary N) is 1. The molecule has 172 valence electrons. The van der Waals surface area contributed by atoms with Crippen LogP contribution in [0, 0.1) is 5.92 Å². The lowest BCUT2D eigenvalue weighted by Crippen LogP contribution is -2.22. The van der Waals surface area contributed by atoms with Crippen molar-refractivity contribution in [1.29, 1.82) is 0 Å². The van der Waals surface area contributed by atoms with Crippen LogP contribution in [0.15, 0.2) is 40.1 Å². The van der Waals surface area contributed by atoms with Crippen LogP contribution in [0.25, 0.3) is 21.7 Å². The molecule has 3 aromatic heterocycles. The second-order valence-corrected chi connectivity index (χ2v) is 9.95. The fraction of sp³-hybridized carbons (Fsp3) is 0.364. The molecule has 1 aliphatic rings. The van der Waals surface area contributed by atoms with Crippen LogP contribution in [0.4, 0.5) is 5.82 Å². The van der Waals surface area contributed by atoms with Crippen LogP contribution >= 0.6 is 23.1 Å². The normalized spacial score (nSPS) is 12.8. The minimum Gasteiger partial charge on any atom is -0.454 e. The lowest BCUT2D eigenvalue weighted by atomic mass is 10.1. The smallest absolute Gasteiger partial charge is 0.231 e. The number of hydrogen-bond donors (Lipinski definition) is 2. The minimum absolute atomic E-state index is 0.216. The van der Waals surface area contributed by atoms with E-state index in [0.29, 0.717) is 23.8 Å². The number of rotatable bonds is 9. The first kappa shape index (κ1) is 21.9. The zero-order valence-electron chi connectivity index (χ0n) is 18.4. The number of ether oxygens (including phenoxy) is 2. The van der Waals surface area contributed by atoms with Gasteiger partial charge in [0, 0.05) is 35.1 Å². The molecule has 0 saturated carbocycles. The molecule has 4 aromatic rings. The van der Waals surface area contributed by atoms with Gasteiger partial charge in [0.25, 0.3) is 0 Å². The summed E-state index contributed by atoms with van der Waals surface area (Å²) in [5.41, 5.74) is 8.44. The van der Waals surface area contributed by atoms with E-state index in [4.69, 9.17) is 20.2 Å². The van der Waals surface area contributed by atoms with Crippen molar-refractivity contribution in [2.45, 2.75) is 36.9 Å². The number of aromatic nitrogens is 5. The average Bonchev–Trinajstić information content (AvgIpc) is 3.54. The minimum atomic E-state index is 0.216. The molecule has 3 N–H and O–H groups in total. The van der Waals surface area contributed by atoms with Gasteiger partial charge in [-0.3, -0.25) is 0 Å². The Morgan fingerprint density at radius 2 is 2.03 bits per heavy atom. The van der Waals surface area contributed by atoms with Gasteiger partial charge in [0.2, 0.25) is 6.79 Å². The second kappa shape index (κ2) is 9.54. The molecular formula is C22H25N7O2S2. The molecule has 5 rings (SSSR count). The molecule has 0 bridgehead atoms. The lowest BCUT2D eigenvalue weighted by Gasteiger charge is -2.12. The number of thiazole rings is 1. The number of anilines is 1. The van der Waals surface area contributed by atoms with Crippen molar-refractivity contribution in [2.24, 2.45) is 5.92 Å². The fourth-order valence-corrected chi connectivity index (χ4v) is 5.34. The summed E-state index contributed by atoms with van der Waals surface area (Å²) < 4.78 is 13.3. The maximum atomic E-state index is 6.13. The van der Waals surface area contributed by atoms with Crippen molar-refractivity contribution in [1.82, 2.24) is 29.8 Å². The van der Waals surface area contributed by atoms with Gasteiger partial charge in [-0.15, -0.1) is 11.3 Å². The van der Waals surface area contributed by atoms with Gasteiger partial charge in [-0.05, 0) is 31.0 Å². The van der Waals surface area contributed by atoms with E-state index in [9.17, 15) is 0 Å². The van der Waals surface area contributed by atoms with Gasteiger partial charge in [-0.25, -0.2) is 19.9 Å². The Labute approximate surface area is 199 Å². The van der Waals surface area contributed by atoms with Crippen molar-refractivity contribution in [2.75, 3.05) is 25.6 Å². The monoisotopic (exact) mass is 483 g/mol. The molecule has 0 amide bonds. The summed E-state index contributed by atoms with van der Waals surface area (Å²) in [5.74, 6) is 2.48. The Morgan fingerprint density at radius 1 is 1.18 bits per heavy atom. The zero-order valence-corrected chi connectivity index (χ0v) is 20.1. The topological polar surface area (TPSA) is 113 Å². The molecule has 9 nitrogen and oxygen atoms in total. The summed E-state index contributed by atoms with van der Waals surface area (Å²) in [6.07, 6.45) is 4.42. The van der Waals surface area contributed by atoms with E-state index in [1.165, 1.54) is 6.33 Å². The van der Waals surface area contributed by atoms with Gasteiger partial charge in [0.05, 0.1) is 0 Å². The van der Waals surface area contributed by atoms with Crippen LogP contribution in [0.1, 0.15) is 20.3 Å². The van der Waals surface area contributed by atoms with E-state index in [1.54, 1.807) is 29.3 Å². The van der Waals surface area contributed by atoms with Crippen LogP contribution in [0.3, 0.4) is 0 Å². The highest BCUT2D eigenvalue weighted by atomic mass is 32.2. The highest BCUT2D eigenvalue weighted by Gasteiger charge is 2.23. The summed E-state index contributed by atoms with van der Waals surface area (Å²) in [6.45, 7) is 7.16. The van der Waals surface area contributed by atoms with Crippen LogP contribution in [-0.4, -0.2) is 44.4 Å². The van der Waals surface area contributed by atoms with E-state index in [1.807, 2.05) is 17.5 Å². The van der Waals surface area contributed by atoms with Gasteiger partial charge >= 0.3 is 0 Å². The number of nitrogen functional groups attached to an aromatic ring is 1. The van der Waals surface area contributed by atoms with Crippen molar-refractivity contribution < 1.29 is 9.47 Å². The van der Waals surface area contributed by atoms with Crippen molar-refractivity contribution in [3.8, 4) is 22.1 Å². The van der Waals surface area contributed by atoms with Crippen LogP contribution in [0.2, 0.25) is 0 Å². The standard InChI is InChI=1S/C22H25N7O2S2/c1-13(2)3-4-24-5-7-29-20-18(19(23)26-11-27-20)28-22(29)33-17-10-16-15(30-12-31-16)9-14(17)21-25-6-8-32-21/h6,8-11,13,24H,3-5,7,12H2,1-2H3,(H2,23,26,27). The van der Waals surface area contributed by atoms with Gasteiger partial charge in [0.15, 0.2) is 33.6 Å². The molecule has 0 aliphatic carbocycles. The number of imidazole rings is 1. The molecule has 1 aliphatic heterocycles. The van der Waals surface area contributed by atoms with Gasteiger partial charge in [-0.2, -0.15) is 0 Å². The number of benzene rings is 1. The highest BCUT2D eigenvalue weighted by molar-refractivity contribution is 7.99. The molecule has 4 heterocycles. The molecule has 0 radical (unpaired) electrons. The summed E-state index contributed by atoms with van der Waals surface area (Å²) in [4.78, 5) is 18.9. The quantitative estimate of drug-likeness (QED) is 0.340. The maximum Gasteiger partial charge on any atom is 0.231 e. The summed E-state index contributed by atoms with van der Waals surface area (Å²) >= 11 is 3.12. The van der Waals surface area contributed by atoms with Crippen molar-refractivity contribution in [3.05, 3.63) is 30.0 Å². The number of hydrogen-bond acceptors (Lipinski definition) is 10. The molecular weight excluding hydrogens is 458 g/mol. The summed E-state index contributed by atoms with van der Waals surface area (Å²) in [7, 11) is 0. The Balaban J connectivity index is 1.49. The molecule has 0 fully saturated rings. The van der Waals surface area contributed by atoms with Crippen LogP contribution < -0.4 is 20.5 Å². The van der Waals surface area contributed by atoms with Gasteiger partial charge in [0.1, 0.15) is 11.3 Å². The third-order valence-electron chi connectivity index (χ3n) is 5.27.